The molecule has 164 valence electrons. The average molecular weight is 453 g/mol. The summed E-state index contributed by atoms with van der Waals surface area (Å²) in [7, 11) is 1.59. The smallest absolute Gasteiger partial charge is 0.338 e. The molecule has 6 nitrogen and oxygen atoms in total. The van der Waals surface area contributed by atoms with E-state index in [9.17, 15) is 14.0 Å². The van der Waals surface area contributed by atoms with E-state index in [2.05, 4.69) is 4.99 Å². The quantitative estimate of drug-likeness (QED) is 0.558. The van der Waals surface area contributed by atoms with Crippen LogP contribution in [0.2, 0.25) is 0 Å². The molecule has 1 aliphatic heterocycles. The van der Waals surface area contributed by atoms with Gasteiger partial charge in [0.1, 0.15) is 11.6 Å². The van der Waals surface area contributed by atoms with E-state index in [0.717, 1.165) is 11.3 Å². The van der Waals surface area contributed by atoms with Crippen LogP contribution in [0.5, 0.6) is 5.75 Å². The number of benzene rings is 2. The number of carbonyl (C=O) groups is 1. The van der Waals surface area contributed by atoms with Crippen LogP contribution in [-0.4, -0.2) is 24.3 Å². The minimum absolute atomic E-state index is 0.188. The molecule has 1 atom stereocenters. The molecule has 8 heteroatoms. The molecule has 3 aromatic rings. The summed E-state index contributed by atoms with van der Waals surface area (Å²) < 4.78 is 26.0. The van der Waals surface area contributed by atoms with Gasteiger partial charge < -0.3 is 9.47 Å². The standard InChI is InChI=1S/C24H21FN2O4S/c1-4-31-23(29)20-14(2)26-24-27(21(20)16-7-9-17(25)10-8-16)22(28)19(32-24)13-15-5-11-18(30-3)12-6-15/h5-13,21H,4H2,1-3H3. The van der Waals surface area contributed by atoms with Crippen molar-refractivity contribution in [2.75, 3.05) is 13.7 Å². The third-order valence-electron chi connectivity index (χ3n) is 5.12. The van der Waals surface area contributed by atoms with Crippen molar-refractivity contribution in [3.8, 4) is 5.75 Å². The Labute approximate surface area is 187 Å². The molecule has 0 aliphatic carbocycles. The number of allylic oxidation sites excluding steroid dienone is 1. The van der Waals surface area contributed by atoms with Crippen molar-refractivity contribution in [1.29, 1.82) is 0 Å². The number of esters is 1. The Morgan fingerprint density at radius 3 is 2.50 bits per heavy atom. The van der Waals surface area contributed by atoms with Gasteiger partial charge in [0.25, 0.3) is 5.56 Å². The lowest BCUT2D eigenvalue weighted by Gasteiger charge is -2.24. The van der Waals surface area contributed by atoms with Crippen molar-refractivity contribution >= 4 is 23.4 Å². The molecule has 2 heterocycles. The zero-order valence-corrected chi connectivity index (χ0v) is 18.6. The van der Waals surface area contributed by atoms with Gasteiger partial charge in [-0.15, -0.1) is 0 Å². The number of rotatable bonds is 5. The van der Waals surface area contributed by atoms with Gasteiger partial charge in [0.15, 0.2) is 4.80 Å². The number of fused-ring (bicyclic) bond motifs is 1. The maximum Gasteiger partial charge on any atom is 0.338 e. The monoisotopic (exact) mass is 452 g/mol. The molecule has 0 spiro atoms. The van der Waals surface area contributed by atoms with E-state index in [1.807, 2.05) is 24.3 Å². The van der Waals surface area contributed by atoms with Gasteiger partial charge in [0, 0.05) is 0 Å². The molecule has 1 aliphatic rings. The van der Waals surface area contributed by atoms with Crippen LogP contribution >= 0.6 is 11.3 Å². The molecule has 1 unspecified atom stereocenters. The van der Waals surface area contributed by atoms with E-state index in [0.29, 0.717) is 20.6 Å². The third kappa shape index (κ3) is 4.01. The van der Waals surface area contributed by atoms with E-state index >= 15 is 0 Å². The summed E-state index contributed by atoms with van der Waals surface area (Å²) in [6.07, 6.45) is 1.77. The molecular weight excluding hydrogens is 431 g/mol. The van der Waals surface area contributed by atoms with Crippen LogP contribution in [-0.2, 0) is 9.53 Å². The molecule has 0 amide bonds. The Bertz CT molecular complexity index is 1370. The molecule has 4 rings (SSSR count). The molecule has 0 radical (unpaired) electrons. The van der Waals surface area contributed by atoms with Gasteiger partial charge >= 0.3 is 5.97 Å². The number of carbonyl (C=O) groups excluding carboxylic acids is 1. The van der Waals surface area contributed by atoms with Crippen molar-refractivity contribution in [3.05, 3.63) is 96.4 Å². The SMILES string of the molecule is CCOC(=O)C1=C(C)N=c2sc(=Cc3ccc(OC)cc3)c(=O)n2C1c1ccc(F)cc1. The largest absolute Gasteiger partial charge is 0.497 e. The average Bonchev–Trinajstić information content (AvgIpc) is 3.08. The molecule has 0 N–H and O–H groups in total. The number of ether oxygens (including phenoxy) is 2. The predicted octanol–water partition coefficient (Wildman–Crippen LogP) is 2.95. The Morgan fingerprint density at radius 1 is 1.19 bits per heavy atom. The zero-order chi connectivity index (χ0) is 22.8. The van der Waals surface area contributed by atoms with Gasteiger partial charge in [-0.05, 0) is 55.3 Å². The summed E-state index contributed by atoms with van der Waals surface area (Å²) in [5, 5.41) is 0. The second-order valence-corrected chi connectivity index (χ2v) is 8.14. The van der Waals surface area contributed by atoms with Crippen LogP contribution in [0.3, 0.4) is 0 Å². The van der Waals surface area contributed by atoms with Crippen LogP contribution in [0, 0.1) is 5.82 Å². The second kappa shape index (κ2) is 8.92. The molecule has 2 aromatic carbocycles. The first-order chi connectivity index (χ1) is 15.4. The van der Waals surface area contributed by atoms with Crippen LogP contribution in [0.15, 0.2) is 69.6 Å². The lowest BCUT2D eigenvalue weighted by Crippen LogP contribution is -2.39. The van der Waals surface area contributed by atoms with Crippen LogP contribution in [0.4, 0.5) is 4.39 Å². The van der Waals surface area contributed by atoms with Crippen LogP contribution in [0.1, 0.15) is 31.0 Å². The van der Waals surface area contributed by atoms with E-state index in [4.69, 9.17) is 9.47 Å². The summed E-state index contributed by atoms with van der Waals surface area (Å²) in [5.41, 5.74) is 1.88. The fraction of sp³-hybridized carbons (Fsp3) is 0.208. The van der Waals surface area contributed by atoms with Crippen molar-refractivity contribution in [3.63, 3.8) is 0 Å². The molecule has 0 bridgehead atoms. The summed E-state index contributed by atoms with van der Waals surface area (Å²) in [6.45, 7) is 3.61. The van der Waals surface area contributed by atoms with Gasteiger partial charge in [-0.3, -0.25) is 9.36 Å². The summed E-state index contributed by atoms with van der Waals surface area (Å²) >= 11 is 1.24. The van der Waals surface area contributed by atoms with Crippen molar-refractivity contribution in [2.24, 2.45) is 4.99 Å². The molecule has 32 heavy (non-hydrogen) atoms. The number of aromatic nitrogens is 1. The lowest BCUT2D eigenvalue weighted by molar-refractivity contribution is -0.139. The summed E-state index contributed by atoms with van der Waals surface area (Å²) in [5.74, 6) is -0.235. The molecule has 0 saturated carbocycles. The number of thiazole rings is 1. The highest BCUT2D eigenvalue weighted by atomic mass is 32.1. The van der Waals surface area contributed by atoms with Gasteiger partial charge in [-0.1, -0.05) is 35.6 Å². The van der Waals surface area contributed by atoms with Gasteiger partial charge in [-0.25, -0.2) is 14.2 Å². The van der Waals surface area contributed by atoms with Gasteiger partial charge in [0.05, 0.1) is 35.6 Å². The highest BCUT2D eigenvalue weighted by Crippen LogP contribution is 2.30. The number of methoxy groups -OCH3 is 1. The fourth-order valence-electron chi connectivity index (χ4n) is 3.60. The van der Waals surface area contributed by atoms with E-state index in [1.165, 1.54) is 28.0 Å². The first-order valence-electron chi connectivity index (χ1n) is 10.0. The zero-order valence-electron chi connectivity index (χ0n) is 17.8. The number of halogens is 1. The lowest BCUT2D eigenvalue weighted by atomic mass is 9.96. The van der Waals surface area contributed by atoms with E-state index < -0.39 is 17.8 Å². The number of hydrogen-bond donors (Lipinski definition) is 0. The van der Waals surface area contributed by atoms with Crippen LogP contribution < -0.4 is 19.6 Å². The van der Waals surface area contributed by atoms with Gasteiger partial charge in [0.2, 0.25) is 0 Å². The summed E-state index contributed by atoms with van der Waals surface area (Å²) in [6, 6.07) is 12.3. The Kier molecular flexibility index (Phi) is 6.05. The second-order valence-electron chi connectivity index (χ2n) is 7.13. The highest BCUT2D eigenvalue weighted by Gasteiger charge is 2.33. The minimum Gasteiger partial charge on any atom is -0.497 e. The maximum absolute atomic E-state index is 13.6. The van der Waals surface area contributed by atoms with Gasteiger partial charge in [-0.2, -0.15) is 0 Å². The number of hydrogen-bond acceptors (Lipinski definition) is 6. The third-order valence-corrected chi connectivity index (χ3v) is 6.10. The topological polar surface area (TPSA) is 69.9 Å². The summed E-state index contributed by atoms with van der Waals surface area (Å²) in [4.78, 5) is 31.2. The predicted molar refractivity (Wildman–Crippen MR) is 120 cm³/mol. The Morgan fingerprint density at radius 2 is 1.88 bits per heavy atom. The first-order valence-corrected chi connectivity index (χ1v) is 10.8. The molecule has 0 saturated heterocycles. The Hall–Kier alpha value is -3.52. The molecule has 1 aromatic heterocycles. The molecular formula is C24H21FN2O4S. The van der Waals surface area contributed by atoms with Crippen molar-refractivity contribution in [2.45, 2.75) is 19.9 Å². The fourth-order valence-corrected chi connectivity index (χ4v) is 4.65. The molecule has 0 fully saturated rings. The highest BCUT2D eigenvalue weighted by molar-refractivity contribution is 7.07. The Balaban J connectivity index is 1.92. The minimum atomic E-state index is -0.760. The van der Waals surface area contributed by atoms with E-state index in [-0.39, 0.29) is 17.7 Å². The van der Waals surface area contributed by atoms with Crippen molar-refractivity contribution in [1.82, 2.24) is 4.57 Å². The number of nitrogens with zero attached hydrogens (tertiary/aromatic N) is 2. The maximum atomic E-state index is 13.6. The van der Waals surface area contributed by atoms with E-state index in [1.54, 1.807) is 39.2 Å². The van der Waals surface area contributed by atoms with Crippen LogP contribution in [0.25, 0.3) is 6.08 Å². The van der Waals surface area contributed by atoms with Crippen molar-refractivity contribution < 1.29 is 18.7 Å². The first kappa shape index (κ1) is 21.7. The normalized spacial score (nSPS) is 15.9.